The van der Waals surface area contributed by atoms with Gasteiger partial charge in [-0.15, -0.1) is 0 Å². The van der Waals surface area contributed by atoms with Crippen LogP contribution in [-0.4, -0.2) is 60.9 Å². The van der Waals surface area contributed by atoms with Crippen LogP contribution in [0.1, 0.15) is 25.7 Å². The Hall–Kier alpha value is -1.54. The number of aliphatic hydroxyl groups is 2. The molecule has 0 aromatic heterocycles. The van der Waals surface area contributed by atoms with Crippen LogP contribution in [0.5, 0.6) is 0 Å². The molecule has 8 heteroatoms. The molecule has 0 aliphatic heterocycles. The van der Waals surface area contributed by atoms with E-state index in [0.717, 1.165) is 0 Å². The summed E-state index contributed by atoms with van der Waals surface area (Å²) in [5.74, 6) is 0. The van der Waals surface area contributed by atoms with Crippen molar-refractivity contribution in [1.29, 1.82) is 0 Å². The van der Waals surface area contributed by atoms with E-state index in [9.17, 15) is 9.59 Å². The average Bonchev–Trinajstić information content (AvgIpc) is 2.45. The van der Waals surface area contributed by atoms with Crippen LogP contribution in [0.15, 0.2) is 0 Å². The maximum absolute atomic E-state index is 11.3. The van der Waals surface area contributed by atoms with Crippen LogP contribution < -0.4 is 10.6 Å². The summed E-state index contributed by atoms with van der Waals surface area (Å²) in [6, 6.07) is 0.00143. The second-order valence-electron chi connectivity index (χ2n) is 4.53. The molecule has 1 aliphatic carbocycles. The van der Waals surface area contributed by atoms with Gasteiger partial charge < -0.3 is 30.3 Å². The lowest BCUT2D eigenvalue weighted by molar-refractivity contribution is 0.0651. The van der Waals surface area contributed by atoms with E-state index in [1.807, 2.05) is 0 Å². The number of carbonyl (C=O) groups excluding carboxylic acids is 2. The van der Waals surface area contributed by atoms with E-state index in [1.54, 1.807) is 0 Å². The molecule has 0 saturated heterocycles. The zero-order chi connectivity index (χ0) is 14.8. The summed E-state index contributed by atoms with van der Waals surface area (Å²) in [6.45, 7) is -0.166. The number of nitrogens with one attached hydrogen (secondary N) is 2. The fraction of sp³-hybridized carbons (Fsp3) is 0.833. The highest BCUT2D eigenvalue weighted by atomic mass is 16.6. The molecule has 4 N–H and O–H groups in total. The largest absolute Gasteiger partial charge is 0.447 e. The van der Waals surface area contributed by atoms with E-state index in [0.29, 0.717) is 25.7 Å². The summed E-state index contributed by atoms with van der Waals surface area (Å²) in [5.41, 5.74) is 0. The van der Waals surface area contributed by atoms with E-state index >= 15 is 0 Å². The topological polar surface area (TPSA) is 117 Å². The lowest BCUT2D eigenvalue weighted by atomic mass is 9.93. The predicted molar refractivity (Wildman–Crippen MR) is 69.2 cm³/mol. The van der Waals surface area contributed by atoms with Gasteiger partial charge in [-0.05, 0) is 25.7 Å². The van der Waals surface area contributed by atoms with Crippen molar-refractivity contribution in [3.63, 3.8) is 0 Å². The Labute approximate surface area is 117 Å². The number of alkyl carbamates (subject to hydrolysis) is 2. The Balaban J connectivity index is 2.16. The Kier molecular flexibility index (Phi) is 7.74. The van der Waals surface area contributed by atoms with Crippen molar-refractivity contribution in [3.8, 4) is 0 Å². The normalized spacial score (nSPS) is 21.9. The molecular formula is C12H22N2O6. The summed E-state index contributed by atoms with van der Waals surface area (Å²) >= 11 is 0. The summed E-state index contributed by atoms with van der Waals surface area (Å²) in [7, 11) is 0. The van der Waals surface area contributed by atoms with E-state index in [-0.39, 0.29) is 38.5 Å². The summed E-state index contributed by atoms with van der Waals surface area (Å²) in [5, 5.41) is 22.2. The van der Waals surface area contributed by atoms with Crippen LogP contribution in [0.3, 0.4) is 0 Å². The van der Waals surface area contributed by atoms with Crippen molar-refractivity contribution in [2.75, 3.05) is 26.4 Å². The third-order valence-corrected chi connectivity index (χ3v) is 2.98. The molecule has 8 nitrogen and oxygen atoms in total. The highest BCUT2D eigenvalue weighted by molar-refractivity contribution is 5.68. The zero-order valence-corrected chi connectivity index (χ0v) is 11.3. The maximum atomic E-state index is 11.3. The Morgan fingerprint density at radius 1 is 1.05 bits per heavy atom. The minimum atomic E-state index is -0.538. The molecule has 0 radical (unpaired) electrons. The fourth-order valence-electron chi connectivity index (χ4n) is 2.02. The molecule has 0 spiro atoms. The third kappa shape index (κ3) is 6.58. The Morgan fingerprint density at radius 2 is 1.75 bits per heavy atom. The fourth-order valence-corrected chi connectivity index (χ4v) is 2.02. The molecular weight excluding hydrogens is 268 g/mol. The first-order chi connectivity index (χ1) is 9.65. The van der Waals surface area contributed by atoms with Gasteiger partial charge in [-0.3, -0.25) is 0 Å². The molecule has 0 aromatic rings. The smallest absolute Gasteiger partial charge is 0.407 e. The van der Waals surface area contributed by atoms with Crippen LogP contribution >= 0.6 is 0 Å². The van der Waals surface area contributed by atoms with Crippen molar-refractivity contribution in [2.24, 2.45) is 0 Å². The van der Waals surface area contributed by atoms with Gasteiger partial charge in [-0.2, -0.15) is 0 Å². The molecule has 1 fully saturated rings. The van der Waals surface area contributed by atoms with Gasteiger partial charge in [0.05, 0.1) is 13.2 Å². The molecule has 20 heavy (non-hydrogen) atoms. The first-order valence-electron chi connectivity index (χ1n) is 6.75. The van der Waals surface area contributed by atoms with Gasteiger partial charge in [-0.1, -0.05) is 0 Å². The molecule has 0 atom stereocenters. The number of hydrogen-bond donors (Lipinski definition) is 4. The molecule has 2 amide bonds. The van der Waals surface area contributed by atoms with Gasteiger partial charge in [0.1, 0.15) is 12.7 Å². The summed E-state index contributed by atoms with van der Waals surface area (Å²) < 4.78 is 9.88. The van der Waals surface area contributed by atoms with Gasteiger partial charge in [0.2, 0.25) is 0 Å². The molecule has 0 heterocycles. The van der Waals surface area contributed by atoms with Gasteiger partial charge in [0.25, 0.3) is 0 Å². The summed E-state index contributed by atoms with van der Waals surface area (Å²) in [4.78, 5) is 22.6. The lowest BCUT2D eigenvalue weighted by Gasteiger charge is -2.28. The Morgan fingerprint density at radius 3 is 2.35 bits per heavy atom. The van der Waals surface area contributed by atoms with Crippen LogP contribution in [0.2, 0.25) is 0 Å². The van der Waals surface area contributed by atoms with Crippen LogP contribution in [0.4, 0.5) is 9.59 Å². The minimum Gasteiger partial charge on any atom is -0.447 e. The average molecular weight is 290 g/mol. The van der Waals surface area contributed by atoms with Gasteiger partial charge in [0.15, 0.2) is 0 Å². The number of ether oxygens (including phenoxy) is 2. The third-order valence-electron chi connectivity index (χ3n) is 2.98. The molecule has 0 bridgehead atoms. The van der Waals surface area contributed by atoms with Crippen molar-refractivity contribution in [3.05, 3.63) is 0 Å². The Bertz CT molecular complexity index is 274. The van der Waals surface area contributed by atoms with Crippen molar-refractivity contribution in [1.82, 2.24) is 10.6 Å². The molecule has 116 valence electrons. The quantitative estimate of drug-likeness (QED) is 0.535. The molecule has 0 unspecified atom stereocenters. The van der Waals surface area contributed by atoms with E-state index in [4.69, 9.17) is 19.7 Å². The number of aliphatic hydroxyl groups excluding tert-OH is 2. The van der Waals surface area contributed by atoms with Crippen LogP contribution in [0, 0.1) is 0 Å². The zero-order valence-electron chi connectivity index (χ0n) is 11.3. The van der Waals surface area contributed by atoms with E-state index in [1.165, 1.54) is 0 Å². The number of hydrogen-bond acceptors (Lipinski definition) is 6. The van der Waals surface area contributed by atoms with Crippen LogP contribution in [-0.2, 0) is 9.47 Å². The first-order valence-corrected chi connectivity index (χ1v) is 6.75. The standard InChI is InChI=1S/C12H22N2O6/c15-6-5-13-11(17)20-10-3-1-9(2-4-10)14-12(18)19-8-7-16/h9-10,15-16H,1-8H2,(H,13,17)(H,14,18). The number of amides is 2. The second-order valence-corrected chi connectivity index (χ2v) is 4.53. The van der Waals surface area contributed by atoms with Crippen LogP contribution in [0.25, 0.3) is 0 Å². The number of rotatable bonds is 6. The lowest BCUT2D eigenvalue weighted by Crippen LogP contribution is -2.41. The predicted octanol–water partition coefficient (Wildman–Crippen LogP) is -0.265. The van der Waals surface area contributed by atoms with Gasteiger partial charge >= 0.3 is 12.2 Å². The maximum Gasteiger partial charge on any atom is 0.407 e. The minimum absolute atomic E-state index is 0.00143. The highest BCUT2D eigenvalue weighted by Crippen LogP contribution is 2.21. The van der Waals surface area contributed by atoms with Crippen molar-refractivity contribution in [2.45, 2.75) is 37.8 Å². The summed E-state index contributed by atoms with van der Waals surface area (Å²) in [6.07, 6.45) is 1.50. The SMILES string of the molecule is O=C(NC1CCC(OC(=O)NCCO)CC1)OCCO. The van der Waals surface area contributed by atoms with Gasteiger partial charge in [-0.25, -0.2) is 9.59 Å². The molecule has 0 aromatic carbocycles. The van der Waals surface area contributed by atoms with Crippen molar-refractivity contribution < 1.29 is 29.3 Å². The number of carbonyl (C=O) groups is 2. The van der Waals surface area contributed by atoms with E-state index in [2.05, 4.69) is 10.6 Å². The first kappa shape index (κ1) is 16.5. The molecule has 1 rings (SSSR count). The van der Waals surface area contributed by atoms with Gasteiger partial charge in [0, 0.05) is 12.6 Å². The molecule has 1 aliphatic rings. The second kappa shape index (κ2) is 9.38. The molecule has 1 saturated carbocycles. The monoisotopic (exact) mass is 290 g/mol. The van der Waals surface area contributed by atoms with Crippen molar-refractivity contribution >= 4 is 12.2 Å². The van der Waals surface area contributed by atoms with E-state index < -0.39 is 12.2 Å². The highest BCUT2D eigenvalue weighted by Gasteiger charge is 2.25.